The highest BCUT2D eigenvalue weighted by molar-refractivity contribution is 5.95. The summed E-state index contributed by atoms with van der Waals surface area (Å²) in [6, 6.07) is 11.3. The zero-order valence-electron chi connectivity index (χ0n) is 19.5. The number of benzene rings is 1. The Morgan fingerprint density at radius 1 is 1.11 bits per heavy atom. The molecule has 3 N–H and O–H groups in total. The lowest BCUT2D eigenvalue weighted by Crippen LogP contribution is -2.48. The van der Waals surface area contributed by atoms with E-state index in [1.165, 1.54) is 0 Å². The van der Waals surface area contributed by atoms with E-state index in [1.807, 2.05) is 29.2 Å². The van der Waals surface area contributed by atoms with Gasteiger partial charge in [-0.1, -0.05) is 6.07 Å². The van der Waals surface area contributed by atoms with Crippen molar-refractivity contribution >= 4 is 33.8 Å². The Morgan fingerprint density at radius 2 is 1.94 bits per heavy atom. The van der Waals surface area contributed by atoms with Gasteiger partial charge in [0.2, 0.25) is 0 Å². The van der Waals surface area contributed by atoms with Gasteiger partial charge in [-0.2, -0.15) is 10.4 Å². The minimum Gasteiger partial charge on any atom is -0.337 e. The number of likely N-dealkylation sites (N-methyl/N-ethyl adjacent to an activating group) is 1. The molecule has 178 valence electrons. The summed E-state index contributed by atoms with van der Waals surface area (Å²) >= 11 is 0. The number of nitrogens with one attached hydrogen (secondary N) is 3. The number of rotatable bonds is 3. The van der Waals surface area contributed by atoms with E-state index in [0.717, 1.165) is 35.1 Å². The van der Waals surface area contributed by atoms with Gasteiger partial charge in [0.05, 0.1) is 28.4 Å². The summed E-state index contributed by atoms with van der Waals surface area (Å²) in [7, 11) is 2.05. The highest BCUT2D eigenvalue weighted by Crippen LogP contribution is 2.30. The van der Waals surface area contributed by atoms with Crippen molar-refractivity contribution in [2.75, 3.05) is 38.5 Å². The van der Waals surface area contributed by atoms with E-state index < -0.39 is 0 Å². The number of carbonyl (C=O) groups is 1. The molecule has 6 rings (SSSR count). The molecule has 0 atom stereocenters. The number of amides is 2. The summed E-state index contributed by atoms with van der Waals surface area (Å²) in [5.74, 6) is 0.570. The lowest BCUT2D eigenvalue weighted by Gasteiger charge is -2.32. The molecule has 1 fully saturated rings. The van der Waals surface area contributed by atoms with Gasteiger partial charge in [-0.25, -0.2) is 14.8 Å². The molecule has 0 aliphatic carbocycles. The number of fused-ring (bicyclic) bond motifs is 2. The number of carbonyl (C=O) groups excluding carboxylic acids is 1. The number of pyridine rings is 2. The van der Waals surface area contributed by atoms with Crippen LogP contribution in [0.3, 0.4) is 0 Å². The number of nitrogens with zero attached hydrogens (tertiary/aromatic N) is 7. The number of piperazine rings is 1. The molecule has 5 aromatic rings. The first-order chi connectivity index (χ1) is 17.6. The van der Waals surface area contributed by atoms with Gasteiger partial charge in [-0.05, 0) is 31.3 Å². The van der Waals surface area contributed by atoms with Gasteiger partial charge in [0.15, 0.2) is 11.5 Å². The van der Waals surface area contributed by atoms with Crippen LogP contribution < -0.4 is 5.32 Å². The Hall–Kier alpha value is -4.82. The molecular weight excluding hydrogens is 456 g/mol. The number of imidazole rings is 1. The summed E-state index contributed by atoms with van der Waals surface area (Å²) in [6.07, 6.45) is 5.09. The first kappa shape index (κ1) is 21.7. The topological polar surface area (TPSA) is 143 Å². The van der Waals surface area contributed by atoms with E-state index in [4.69, 9.17) is 0 Å². The van der Waals surface area contributed by atoms with Gasteiger partial charge in [-0.15, -0.1) is 0 Å². The minimum absolute atomic E-state index is 0.130. The van der Waals surface area contributed by atoms with Gasteiger partial charge < -0.3 is 20.1 Å². The monoisotopic (exact) mass is 478 g/mol. The SMILES string of the molecule is CN1CCN(C(=O)Nc2cncc(-c3cnc4n[nH]c(-c5nc6c(C#N)cccc6[nH]5)c4c3)c2)CC1. The zero-order valence-corrected chi connectivity index (χ0v) is 19.5. The molecule has 11 heteroatoms. The maximum absolute atomic E-state index is 12.7. The van der Waals surface area contributed by atoms with Crippen molar-refractivity contribution in [1.29, 1.82) is 5.26 Å². The lowest BCUT2D eigenvalue weighted by atomic mass is 10.1. The third kappa shape index (κ3) is 3.89. The first-order valence-electron chi connectivity index (χ1n) is 11.5. The maximum Gasteiger partial charge on any atom is 0.321 e. The molecule has 36 heavy (non-hydrogen) atoms. The number of anilines is 1. The maximum atomic E-state index is 12.7. The molecule has 1 aromatic carbocycles. The molecule has 1 saturated heterocycles. The number of hydrogen-bond acceptors (Lipinski definition) is 7. The van der Waals surface area contributed by atoms with Crippen molar-refractivity contribution in [3.63, 3.8) is 0 Å². The van der Waals surface area contributed by atoms with Crippen molar-refractivity contribution in [3.8, 4) is 28.7 Å². The van der Waals surface area contributed by atoms with Gasteiger partial charge in [0, 0.05) is 49.7 Å². The van der Waals surface area contributed by atoms with E-state index in [0.29, 0.717) is 47.0 Å². The van der Waals surface area contributed by atoms with E-state index in [2.05, 4.69) is 53.5 Å². The normalized spacial score (nSPS) is 14.3. The number of H-pyrrole nitrogens is 2. The molecule has 1 aliphatic rings. The predicted molar refractivity (Wildman–Crippen MR) is 135 cm³/mol. The second kappa shape index (κ2) is 8.75. The van der Waals surface area contributed by atoms with Crippen molar-refractivity contribution in [2.45, 2.75) is 0 Å². The predicted octanol–water partition coefficient (Wildman–Crippen LogP) is 3.21. The number of hydrogen-bond donors (Lipinski definition) is 3. The zero-order chi connectivity index (χ0) is 24.6. The lowest BCUT2D eigenvalue weighted by molar-refractivity contribution is 0.164. The third-order valence-corrected chi connectivity index (χ3v) is 6.39. The molecule has 11 nitrogen and oxygen atoms in total. The number of nitriles is 1. The molecular formula is C25H22N10O. The first-order valence-corrected chi connectivity index (χ1v) is 11.5. The summed E-state index contributed by atoms with van der Waals surface area (Å²) in [5.41, 5.74) is 5.34. The van der Waals surface area contributed by atoms with Gasteiger partial charge in [0.1, 0.15) is 17.3 Å². The van der Waals surface area contributed by atoms with Crippen LogP contribution in [0.1, 0.15) is 5.56 Å². The standard InChI is InChI=1S/C25H22N10O/c1-34-5-7-35(8-6-34)25(36)29-18-9-16(12-27-14-18)17-10-19-22(32-33-23(19)28-13-17)24-30-20-4-2-3-15(11-26)21(20)31-24/h2-4,9-10,12-14H,5-8H2,1H3,(H,29,36)(H,30,31)(H,28,32,33). The van der Waals surface area contributed by atoms with E-state index >= 15 is 0 Å². The number of aromatic amines is 2. The van der Waals surface area contributed by atoms with Crippen LogP contribution in [0.4, 0.5) is 10.5 Å². The van der Waals surface area contributed by atoms with Crippen LogP contribution in [0.15, 0.2) is 48.9 Å². The van der Waals surface area contributed by atoms with Crippen molar-refractivity contribution in [2.24, 2.45) is 0 Å². The average molecular weight is 479 g/mol. The van der Waals surface area contributed by atoms with Crippen LogP contribution in [-0.2, 0) is 0 Å². The highest BCUT2D eigenvalue weighted by atomic mass is 16.2. The fraction of sp³-hybridized carbons (Fsp3) is 0.200. The summed E-state index contributed by atoms with van der Waals surface area (Å²) in [5, 5.41) is 20.5. The summed E-state index contributed by atoms with van der Waals surface area (Å²) in [4.78, 5) is 33.4. The Labute approximate surface area is 205 Å². The van der Waals surface area contributed by atoms with Gasteiger partial charge in [-0.3, -0.25) is 10.1 Å². The minimum atomic E-state index is -0.130. The quantitative estimate of drug-likeness (QED) is 0.361. The molecule has 0 radical (unpaired) electrons. The van der Waals surface area contributed by atoms with Crippen LogP contribution in [0, 0.1) is 11.3 Å². The Morgan fingerprint density at radius 3 is 2.78 bits per heavy atom. The smallest absolute Gasteiger partial charge is 0.321 e. The van der Waals surface area contributed by atoms with Gasteiger partial charge >= 0.3 is 6.03 Å². The molecule has 5 heterocycles. The number of para-hydroxylation sites is 1. The van der Waals surface area contributed by atoms with Crippen LogP contribution in [0.25, 0.3) is 44.7 Å². The molecule has 2 amide bonds. The molecule has 0 spiro atoms. The van der Waals surface area contributed by atoms with Crippen LogP contribution in [-0.4, -0.2) is 79.2 Å². The number of urea groups is 1. The van der Waals surface area contributed by atoms with Crippen molar-refractivity contribution in [3.05, 3.63) is 54.5 Å². The van der Waals surface area contributed by atoms with Crippen molar-refractivity contribution in [1.82, 2.24) is 39.9 Å². The molecule has 0 bridgehead atoms. The number of aromatic nitrogens is 6. The fourth-order valence-electron chi connectivity index (χ4n) is 4.36. The second-order valence-electron chi connectivity index (χ2n) is 8.78. The van der Waals surface area contributed by atoms with Crippen LogP contribution in [0.2, 0.25) is 0 Å². The second-order valence-corrected chi connectivity index (χ2v) is 8.78. The van der Waals surface area contributed by atoms with Crippen LogP contribution >= 0.6 is 0 Å². The van der Waals surface area contributed by atoms with E-state index in [9.17, 15) is 10.1 Å². The average Bonchev–Trinajstić information content (AvgIpc) is 3.52. The molecule has 4 aromatic heterocycles. The van der Waals surface area contributed by atoms with Crippen molar-refractivity contribution < 1.29 is 4.79 Å². The highest BCUT2D eigenvalue weighted by Gasteiger charge is 2.19. The summed E-state index contributed by atoms with van der Waals surface area (Å²) in [6.45, 7) is 3.09. The van der Waals surface area contributed by atoms with E-state index in [-0.39, 0.29) is 6.03 Å². The Bertz CT molecular complexity index is 1640. The van der Waals surface area contributed by atoms with Gasteiger partial charge in [0.25, 0.3) is 0 Å². The summed E-state index contributed by atoms with van der Waals surface area (Å²) < 4.78 is 0. The fourth-order valence-corrected chi connectivity index (χ4v) is 4.36. The third-order valence-electron chi connectivity index (χ3n) is 6.39. The largest absolute Gasteiger partial charge is 0.337 e. The molecule has 1 aliphatic heterocycles. The van der Waals surface area contributed by atoms with E-state index in [1.54, 1.807) is 24.7 Å². The molecule has 0 unspecified atom stereocenters. The Balaban J connectivity index is 1.31. The molecule has 0 saturated carbocycles. The van der Waals surface area contributed by atoms with Crippen LogP contribution in [0.5, 0.6) is 0 Å². The Kier molecular flexibility index (Phi) is 5.28.